The fourth-order valence-corrected chi connectivity index (χ4v) is 1.31. The number of nitrogens with zero attached hydrogens (tertiary/aromatic N) is 1. The molecule has 6 heteroatoms. The highest BCUT2D eigenvalue weighted by molar-refractivity contribution is 6.24. The maximum atomic E-state index is 11.1. The minimum atomic E-state index is -1.13. The molecule has 1 amide bonds. The molecule has 0 radical (unpaired) electrons. The Kier molecular flexibility index (Phi) is 6.73. The van der Waals surface area contributed by atoms with Gasteiger partial charge < -0.3 is 10.8 Å². The Hall–Kier alpha value is -1.07. The molecule has 1 atom stereocenters. The summed E-state index contributed by atoms with van der Waals surface area (Å²) in [6, 6.07) is -1.02. The van der Waals surface area contributed by atoms with E-state index in [0.29, 0.717) is 23.8 Å². The minimum absolute atomic E-state index is 0.287. The number of carbonyl (C=O) groups is 2. The number of amides is 1. The van der Waals surface area contributed by atoms with Gasteiger partial charge in [0.2, 0.25) is 0 Å². The van der Waals surface area contributed by atoms with Gasteiger partial charge >= 0.3 is 5.97 Å². The fourth-order valence-electron chi connectivity index (χ4n) is 1.06. The fraction of sp³-hybridized carbons (Fsp3) is 0.556. The molecule has 0 saturated carbocycles. The molecule has 0 aromatic rings. The number of halogens is 1. The first kappa shape index (κ1) is 13.9. The van der Waals surface area contributed by atoms with E-state index in [4.69, 9.17) is 22.6 Å². The first-order valence-corrected chi connectivity index (χ1v) is 4.92. The quantitative estimate of drug-likeness (QED) is 0.387. The smallest absolute Gasteiger partial charge is 0.327 e. The monoisotopic (exact) mass is 234 g/mol. The van der Waals surface area contributed by atoms with Gasteiger partial charge in [-0.15, -0.1) is 0 Å². The lowest BCUT2D eigenvalue weighted by Gasteiger charge is -2.20. The van der Waals surface area contributed by atoms with E-state index in [9.17, 15) is 9.59 Å². The van der Waals surface area contributed by atoms with Crippen molar-refractivity contribution in [1.82, 2.24) is 4.42 Å². The van der Waals surface area contributed by atoms with Crippen LogP contribution in [-0.4, -0.2) is 34.0 Å². The summed E-state index contributed by atoms with van der Waals surface area (Å²) in [4.78, 5) is 21.9. The second-order valence-corrected chi connectivity index (χ2v) is 3.36. The Balaban J connectivity index is 4.31. The molecule has 0 aliphatic heterocycles. The zero-order valence-electron chi connectivity index (χ0n) is 8.36. The second kappa shape index (κ2) is 7.25. The van der Waals surface area contributed by atoms with Crippen LogP contribution in [0.3, 0.4) is 0 Å². The number of unbranched alkanes of at least 4 members (excludes halogenated alkanes) is 1. The Morgan fingerprint density at radius 1 is 1.53 bits per heavy atom. The molecule has 15 heavy (non-hydrogen) atoms. The van der Waals surface area contributed by atoms with Crippen LogP contribution in [0.5, 0.6) is 0 Å². The van der Waals surface area contributed by atoms with E-state index in [1.807, 2.05) is 0 Å². The van der Waals surface area contributed by atoms with Crippen molar-refractivity contribution in [2.45, 2.75) is 25.3 Å². The van der Waals surface area contributed by atoms with Crippen LogP contribution in [0.2, 0.25) is 0 Å². The first-order valence-electron chi connectivity index (χ1n) is 4.58. The van der Waals surface area contributed by atoms with Crippen molar-refractivity contribution >= 4 is 23.7 Å². The van der Waals surface area contributed by atoms with Crippen molar-refractivity contribution in [2.75, 3.05) is 6.54 Å². The third-order valence-electron chi connectivity index (χ3n) is 1.88. The van der Waals surface area contributed by atoms with Gasteiger partial charge in [0.05, 0.1) is 0 Å². The van der Waals surface area contributed by atoms with Crippen LogP contribution in [0, 0.1) is 0 Å². The predicted molar refractivity (Wildman–Crippen MR) is 57.2 cm³/mol. The third kappa shape index (κ3) is 4.80. The highest BCUT2D eigenvalue weighted by atomic mass is 35.5. The molecule has 0 bridgehead atoms. The van der Waals surface area contributed by atoms with E-state index in [2.05, 4.69) is 6.58 Å². The summed E-state index contributed by atoms with van der Waals surface area (Å²) >= 11 is 5.57. The van der Waals surface area contributed by atoms with E-state index < -0.39 is 17.9 Å². The number of carboxylic acid groups (broad SMARTS) is 1. The number of carbonyl (C=O) groups excluding carboxylic acids is 1. The number of hydrogen-bond donors (Lipinski definition) is 2. The van der Waals surface area contributed by atoms with Crippen LogP contribution in [0.25, 0.3) is 0 Å². The average molecular weight is 235 g/mol. The van der Waals surface area contributed by atoms with Gasteiger partial charge in [0.25, 0.3) is 5.91 Å². The van der Waals surface area contributed by atoms with Crippen LogP contribution >= 0.6 is 11.8 Å². The number of carboxylic acids is 1. The van der Waals surface area contributed by atoms with Crippen LogP contribution < -0.4 is 5.73 Å². The predicted octanol–water partition coefficient (Wildman–Crippen LogP) is 0.737. The molecule has 0 fully saturated rings. The number of hydrogen-bond acceptors (Lipinski definition) is 3. The maximum absolute atomic E-state index is 11.1. The molecule has 0 aromatic carbocycles. The molecule has 0 aliphatic rings. The summed E-state index contributed by atoms with van der Waals surface area (Å²) in [5.74, 6) is -1.74. The highest BCUT2D eigenvalue weighted by Crippen LogP contribution is 2.12. The lowest BCUT2D eigenvalue weighted by molar-refractivity contribution is -0.145. The van der Waals surface area contributed by atoms with Crippen LogP contribution in [0.4, 0.5) is 0 Å². The molecule has 3 N–H and O–H groups in total. The topological polar surface area (TPSA) is 83.6 Å². The third-order valence-corrected chi connectivity index (χ3v) is 2.28. The van der Waals surface area contributed by atoms with Gasteiger partial charge in [-0.1, -0.05) is 6.58 Å². The van der Waals surface area contributed by atoms with Gasteiger partial charge in [-0.2, -0.15) is 0 Å². The number of nitrogens with two attached hydrogens (primary N) is 1. The largest absolute Gasteiger partial charge is 0.480 e. The molecule has 0 spiro atoms. The molecule has 0 aliphatic carbocycles. The molecule has 5 nitrogen and oxygen atoms in total. The number of rotatable bonds is 7. The Morgan fingerprint density at radius 2 is 2.13 bits per heavy atom. The summed E-state index contributed by atoms with van der Waals surface area (Å²) in [7, 11) is 0. The average Bonchev–Trinajstić information content (AvgIpc) is 2.22. The summed E-state index contributed by atoms with van der Waals surface area (Å²) in [6.07, 6.45) is 2.58. The summed E-state index contributed by atoms with van der Waals surface area (Å²) in [5.41, 5.74) is 5.28. The molecular weight excluding hydrogens is 220 g/mol. The van der Waals surface area contributed by atoms with Crippen molar-refractivity contribution < 1.29 is 14.7 Å². The van der Waals surface area contributed by atoms with Crippen molar-refractivity contribution in [3.05, 3.63) is 12.7 Å². The minimum Gasteiger partial charge on any atom is -0.480 e. The molecule has 0 rings (SSSR count). The zero-order chi connectivity index (χ0) is 11.8. The summed E-state index contributed by atoms with van der Waals surface area (Å²) in [5, 5.41) is 8.84. The summed E-state index contributed by atoms with van der Waals surface area (Å²) in [6.45, 7) is 3.72. The van der Waals surface area contributed by atoms with Crippen molar-refractivity contribution in [2.24, 2.45) is 5.73 Å². The van der Waals surface area contributed by atoms with Gasteiger partial charge in [-0.05, 0) is 31.9 Å². The van der Waals surface area contributed by atoms with E-state index in [1.165, 1.54) is 0 Å². The van der Waals surface area contributed by atoms with Crippen molar-refractivity contribution in [3.63, 3.8) is 0 Å². The standard InChI is InChI=1S/C9H15ClN2O3/c1-2-8(13)12(10)7(9(14)15)5-3-4-6-11/h2,7H,1,3-6,11H2,(H,14,15)/t7-/m0/s1. The molecule has 0 unspecified atom stereocenters. The lowest BCUT2D eigenvalue weighted by atomic mass is 10.1. The molecular formula is C9H15ClN2O3. The van der Waals surface area contributed by atoms with Gasteiger partial charge in [-0.25, -0.2) is 9.21 Å². The van der Waals surface area contributed by atoms with E-state index in [1.54, 1.807) is 0 Å². The first-order chi connectivity index (χ1) is 7.04. The highest BCUT2D eigenvalue weighted by Gasteiger charge is 2.26. The lowest BCUT2D eigenvalue weighted by Crippen LogP contribution is -2.38. The van der Waals surface area contributed by atoms with E-state index in [-0.39, 0.29) is 6.42 Å². The van der Waals surface area contributed by atoms with Crippen LogP contribution in [0.1, 0.15) is 19.3 Å². The van der Waals surface area contributed by atoms with Crippen LogP contribution in [-0.2, 0) is 9.59 Å². The van der Waals surface area contributed by atoms with Crippen LogP contribution in [0.15, 0.2) is 12.7 Å². The maximum Gasteiger partial charge on any atom is 0.327 e. The van der Waals surface area contributed by atoms with Crippen molar-refractivity contribution in [1.29, 1.82) is 0 Å². The SMILES string of the molecule is C=CC(=O)N(Cl)[C@@H](CCCCN)C(=O)O. The molecule has 0 saturated heterocycles. The molecule has 0 heterocycles. The normalized spacial score (nSPS) is 11.9. The molecule has 86 valence electrons. The zero-order valence-corrected chi connectivity index (χ0v) is 9.11. The van der Waals surface area contributed by atoms with Gasteiger partial charge in [0.15, 0.2) is 0 Å². The Bertz CT molecular complexity index is 246. The molecule has 0 aromatic heterocycles. The summed E-state index contributed by atoms with van der Waals surface area (Å²) < 4.78 is 0.659. The van der Waals surface area contributed by atoms with Gasteiger partial charge in [-0.3, -0.25) is 4.79 Å². The van der Waals surface area contributed by atoms with E-state index in [0.717, 1.165) is 6.08 Å². The van der Waals surface area contributed by atoms with Crippen molar-refractivity contribution in [3.8, 4) is 0 Å². The Morgan fingerprint density at radius 3 is 2.53 bits per heavy atom. The van der Waals surface area contributed by atoms with Gasteiger partial charge in [0, 0.05) is 11.8 Å². The second-order valence-electron chi connectivity index (χ2n) is 2.99. The van der Waals surface area contributed by atoms with Gasteiger partial charge in [0.1, 0.15) is 6.04 Å². The number of aliphatic carboxylic acids is 1. The van der Waals surface area contributed by atoms with E-state index >= 15 is 0 Å². The Labute approximate surface area is 93.6 Å².